The molecule has 0 atom stereocenters. The molecular formula is C15H24N2O3. The molecule has 20 heavy (non-hydrogen) atoms. The zero-order valence-corrected chi connectivity index (χ0v) is 12.4. The molecular weight excluding hydrogens is 256 g/mol. The van der Waals surface area contributed by atoms with Crippen molar-refractivity contribution in [1.29, 1.82) is 0 Å². The number of ether oxygens (including phenoxy) is 2. The molecule has 0 unspecified atom stereocenters. The highest BCUT2D eigenvalue weighted by atomic mass is 16.5. The van der Waals surface area contributed by atoms with Gasteiger partial charge in [-0.25, -0.2) is 0 Å². The number of anilines is 1. The lowest BCUT2D eigenvalue weighted by Gasteiger charge is -2.09. The first-order valence-corrected chi connectivity index (χ1v) is 6.80. The summed E-state index contributed by atoms with van der Waals surface area (Å²) in [7, 11) is 1.60. The maximum atomic E-state index is 11.6. The van der Waals surface area contributed by atoms with E-state index in [1.807, 2.05) is 24.3 Å². The molecule has 0 saturated carbocycles. The highest BCUT2D eigenvalue weighted by molar-refractivity contribution is 5.91. The van der Waals surface area contributed by atoms with Crippen molar-refractivity contribution in [2.75, 3.05) is 32.2 Å². The van der Waals surface area contributed by atoms with Crippen LogP contribution in [0.5, 0.6) is 0 Å². The lowest BCUT2D eigenvalue weighted by Crippen LogP contribution is -2.22. The van der Waals surface area contributed by atoms with Crippen molar-refractivity contribution in [3.8, 4) is 0 Å². The number of carbonyl (C=O) groups is 1. The normalized spacial score (nSPS) is 10.8. The molecule has 0 spiro atoms. The number of methoxy groups -OCH3 is 1. The molecule has 0 radical (unpaired) electrons. The Morgan fingerprint density at radius 3 is 2.50 bits per heavy atom. The second-order valence-corrected chi connectivity index (χ2v) is 4.83. The standard InChI is InChI=1S/C15H24N2O3/c1-12(2)16-10-13-4-6-14(7-5-13)17-15(18)11-20-9-8-19-3/h4-7,12,16H,8-11H2,1-3H3,(H,17,18). The fraction of sp³-hybridized carbons (Fsp3) is 0.533. The van der Waals surface area contributed by atoms with Gasteiger partial charge in [0.1, 0.15) is 6.61 Å². The highest BCUT2D eigenvalue weighted by Gasteiger charge is 2.02. The molecule has 0 saturated heterocycles. The van der Waals surface area contributed by atoms with Gasteiger partial charge in [-0.05, 0) is 17.7 Å². The van der Waals surface area contributed by atoms with Crippen LogP contribution in [0.4, 0.5) is 5.69 Å². The van der Waals surface area contributed by atoms with Gasteiger partial charge in [-0.2, -0.15) is 0 Å². The van der Waals surface area contributed by atoms with E-state index in [0.717, 1.165) is 12.2 Å². The zero-order valence-electron chi connectivity index (χ0n) is 12.4. The number of nitrogens with one attached hydrogen (secondary N) is 2. The van der Waals surface area contributed by atoms with Crippen molar-refractivity contribution >= 4 is 11.6 Å². The molecule has 1 amide bonds. The van der Waals surface area contributed by atoms with Gasteiger partial charge in [0.2, 0.25) is 5.91 Å². The summed E-state index contributed by atoms with van der Waals surface area (Å²) >= 11 is 0. The third-order valence-corrected chi connectivity index (χ3v) is 2.62. The second-order valence-electron chi connectivity index (χ2n) is 4.83. The summed E-state index contributed by atoms with van der Waals surface area (Å²) in [5, 5.41) is 6.13. The number of hydrogen-bond acceptors (Lipinski definition) is 4. The van der Waals surface area contributed by atoms with Crippen LogP contribution >= 0.6 is 0 Å². The van der Waals surface area contributed by atoms with Gasteiger partial charge < -0.3 is 20.1 Å². The first-order valence-electron chi connectivity index (χ1n) is 6.80. The molecule has 0 fully saturated rings. The molecule has 1 aromatic rings. The van der Waals surface area contributed by atoms with Crippen LogP contribution in [0, 0.1) is 0 Å². The first kappa shape index (κ1) is 16.6. The average Bonchev–Trinajstić information content (AvgIpc) is 2.43. The third-order valence-electron chi connectivity index (χ3n) is 2.62. The molecule has 5 heteroatoms. The molecule has 0 bridgehead atoms. The molecule has 0 heterocycles. The van der Waals surface area contributed by atoms with Crippen molar-refractivity contribution < 1.29 is 14.3 Å². The van der Waals surface area contributed by atoms with Gasteiger partial charge in [0.15, 0.2) is 0 Å². The van der Waals surface area contributed by atoms with Gasteiger partial charge in [-0.1, -0.05) is 26.0 Å². The second kappa shape index (κ2) is 9.47. The quantitative estimate of drug-likeness (QED) is 0.677. The Kier molecular flexibility index (Phi) is 7.87. The van der Waals surface area contributed by atoms with Crippen LogP contribution in [-0.4, -0.2) is 38.9 Å². The number of hydrogen-bond donors (Lipinski definition) is 2. The van der Waals surface area contributed by atoms with Gasteiger partial charge in [0.25, 0.3) is 0 Å². The van der Waals surface area contributed by atoms with Crippen LogP contribution in [0.15, 0.2) is 24.3 Å². The van der Waals surface area contributed by atoms with E-state index in [1.54, 1.807) is 7.11 Å². The summed E-state index contributed by atoms with van der Waals surface area (Å²) in [6.45, 7) is 6.00. The predicted octanol–water partition coefficient (Wildman–Crippen LogP) is 1.79. The van der Waals surface area contributed by atoms with Crippen molar-refractivity contribution in [1.82, 2.24) is 5.32 Å². The van der Waals surface area contributed by atoms with Gasteiger partial charge in [-0.3, -0.25) is 4.79 Å². The van der Waals surface area contributed by atoms with E-state index < -0.39 is 0 Å². The number of benzene rings is 1. The maximum absolute atomic E-state index is 11.6. The molecule has 5 nitrogen and oxygen atoms in total. The minimum Gasteiger partial charge on any atom is -0.382 e. The Morgan fingerprint density at radius 2 is 1.90 bits per heavy atom. The molecule has 0 aliphatic rings. The highest BCUT2D eigenvalue weighted by Crippen LogP contribution is 2.09. The fourth-order valence-corrected chi connectivity index (χ4v) is 1.53. The van der Waals surface area contributed by atoms with Gasteiger partial charge in [-0.15, -0.1) is 0 Å². The minimum atomic E-state index is -0.158. The van der Waals surface area contributed by atoms with E-state index in [-0.39, 0.29) is 12.5 Å². The van der Waals surface area contributed by atoms with Crippen LogP contribution in [0.3, 0.4) is 0 Å². The summed E-state index contributed by atoms with van der Waals surface area (Å²) in [5.41, 5.74) is 1.96. The number of amides is 1. The van der Waals surface area contributed by atoms with Crippen LogP contribution in [0.25, 0.3) is 0 Å². The van der Waals surface area contributed by atoms with Crippen molar-refractivity contribution in [3.63, 3.8) is 0 Å². The molecule has 1 aromatic carbocycles. The predicted molar refractivity (Wildman–Crippen MR) is 79.7 cm³/mol. The Morgan fingerprint density at radius 1 is 1.20 bits per heavy atom. The molecule has 0 aromatic heterocycles. The van der Waals surface area contributed by atoms with Crippen LogP contribution < -0.4 is 10.6 Å². The Hall–Kier alpha value is -1.43. The van der Waals surface area contributed by atoms with E-state index in [4.69, 9.17) is 9.47 Å². The summed E-state index contributed by atoms with van der Waals surface area (Å²) < 4.78 is 9.98. The molecule has 0 aliphatic carbocycles. The molecule has 2 N–H and O–H groups in total. The summed E-state index contributed by atoms with van der Waals surface area (Å²) in [6.07, 6.45) is 0. The smallest absolute Gasteiger partial charge is 0.250 e. The van der Waals surface area contributed by atoms with Gasteiger partial charge in [0, 0.05) is 25.4 Å². The van der Waals surface area contributed by atoms with Crippen LogP contribution in [0.1, 0.15) is 19.4 Å². The van der Waals surface area contributed by atoms with Crippen LogP contribution in [-0.2, 0) is 20.8 Å². The van der Waals surface area contributed by atoms with E-state index in [1.165, 1.54) is 5.56 Å². The fourth-order valence-electron chi connectivity index (χ4n) is 1.53. The van der Waals surface area contributed by atoms with Gasteiger partial charge >= 0.3 is 0 Å². The summed E-state index contributed by atoms with van der Waals surface area (Å²) in [5.74, 6) is -0.158. The molecule has 1 rings (SSSR count). The van der Waals surface area contributed by atoms with Gasteiger partial charge in [0.05, 0.1) is 13.2 Å². The third kappa shape index (κ3) is 7.23. The van der Waals surface area contributed by atoms with E-state index in [9.17, 15) is 4.79 Å². The Balaban J connectivity index is 2.31. The lowest BCUT2D eigenvalue weighted by atomic mass is 10.2. The van der Waals surface area contributed by atoms with Crippen molar-refractivity contribution in [3.05, 3.63) is 29.8 Å². The number of carbonyl (C=O) groups excluding carboxylic acids is 1. The Labute approximate surface area is 120 Å². The largest absolute Gasteiger partial charge is 0.382 e. The average molecular weight is 280 g/mol. The van der Waals surface area contributed by atoms with E-state index in [0.29, 0.717) is 19.3 Å². The monoisotopic (exact) mass is 280 g/mol. The van der Waals surface area contributed by atoms with Crippen molar-refractivity contribution in [2.45, 2.75) is 26.4 Å². The zero-order chi connectivity index (χ0) is 14.8. The summed E-state index contributed by atoms with van der Waals surface area (Å²) in [6, 6.07) is 8.24. The summed E-state index contributed by atoms with van der Waals surface area (Å²) in [4.78, 5) is 11.6. The SMILES string of the molecule is COCCOCC(=O)Nc1ccc(CNC(C)C)cc1. The topological polar surface area (TPSA) is 59.6 Å². The van der Waals surface area contributed by atoms with Crippen molar-refractivity contribution in [2.24, 2.45) is 0 Å². The number of rotatable bonds is 9. The molecule has 0 aliphatic heterocycles. The minimum absolute atomic E-state index is 0.0417. The molecule has 112 valence electrons. The Bertz CT molecular complexity index is 391. The maximum Gasteiger partial charge on any atom is 0.250 e. The lowest BCUT2D eigenvalue weighted by molar-refractivity contribution is -0.121. The van der Waals surface area contributed by atoms with Crippen LogP contribution in [0.2, 0.25) is 0 Å². The van der Waals surface area contributed by atoms with E-state index >= 15 is 0 Å². The first-order chi connectivity index (χ1) is 9.61. The van der Waals surface area contributed by atoms with E-state index in [2.05, 4.69) is 24.5 Å².